The van der Waals surface area contributed by atoms with E-state index in [1.54, 1.807) is 0 Å². The Kier molecular flexibility index (Phi) is 6.22. The monoisotopic (exact) mass is 218 g/mol. The predicted octanol–water partition coefficient (Wildman–Crippen LogP) is 5.40. The molecule has 1 aromatic rings. The Labute approximate surface area is 101 Å². The van der Waals surface area contributed by atoms with Gasteiger partial charge in [-0.1, -0.05) is 76.8 Å². The highest BCUT2D eigenvalue weighted by molar-refractivity contribution is 5.18. The van der Waals surface area contributed by atoms with Gasteiger partial charge in [-0.2, -0.15) is 0 Å². The molecule has 0 fully saturated rings. The Morgan fingerprint density at radius 3 is 2.06 bits per heavy atom. The molecule has 16 heavy (non-hydrogen) atoms. The molecule has 0 aliphatic carbocycles. The maximum Gasteiger partial charge on any atom is -0.0190 e. The third kappa shape index (κ3) is 5.34. The summed E-state index contributed by atoms with van der Waals surface area (Å²) >= 11 is 0. The highest BCUT2D eigenvalue weighted by Gasteiger charge is 2.04. The van der Waals surface area contributed by atoms with Gasteiger partial charge in [-0.15, -0.1) is 0 Å². The zero-order valence-electron chi connectivity index (χ0n) is 11.1. The van der Waals surface area contributed by atoms with E-state index < -0.39 is 0 Å². The van der Waals surface area contributed by atoms with Crippen LogP contribution < -0.4 is 0 Å². The average Bonchev–Trinajstić information content (AvgIpc) is 2.29. The number of rotatable bonds is 7. The van der Waals surface area contributed by atoms with Crippen LogP contribution >= 0.6 is 0 Å². The third-order valence-electron chi connectivity index (χ3n) is 3.29. The molecule has 0 saturated heterocycles. The summed E-state index contributed by atoms with van der Waals surface area (Å²) < 4.78 is 0. The molecule has 0 saturated carbocycles. The predicted molar refractivity (Wildman–Crippen MR) is 72.8 cm³/mol. The topological polar surface area (TPSA) is 0 Å². The van der Waals surface area contributed by atoms with Crippen LogP contribution in [-0.2, 0) is 0 Å². The lowest BCUT2D eigenvalue weighted by Gasteiger charge is -2.11. The number of hydrogen-bond acceptors (Lipinski definition) is 0. The SMILES string of the molecule is CC(C)CCCCCC(C)c1ccccc1. The van der Waals surface area contributed by atoms with Gasteiger partial charge in [0.15, 0.2) is 0 Å². The minimum absolute atomic E-state index is 0.722. The van der Waals surface area contributed by atoms with Crippen LogP contribution in [0.5, 0.6) is 0 Å². The smallest absolute Gasteiger partial charge is 0.0190 e. The summed E-state index contributed by atoms with van der Waals surface area (Å²) in [6.45, 7) is 6.97. The van der Waals surface area contributed by atoms with E-state index in [0.717, 1.165) is 11.8 Å². The molecule has 0 aliphatic rings. The van der Waals surface area contributed by atoms with E-state index in [2.05, 4.69) is 51.1 Å². The lowest BCUT2D eigenvalue weighted by atomic mass is 9.94. The normalized spacial score (nSPS) is 13.0. The molecule has 0 amide bonds. The first kappa shape index (κ1) is 13.3. The molecule has 1 atom stereocenters. The van der Waals surface area contributed by atoms with E-state index in [1.807, 2.05) is 0 Å². The molecule has 1 unspecified atom stereocenters. The second kappa shape index (κ2) is 7.49. The molecule has 1 rings (SSSR count). The lowest BCUT2D eigenvalue weighted by molar-refractivity contribution is 0.507. The first-order valence-electron chi connectivity index (χ1n) is 6.75. The molecule has 0 N–H and O–H groups in total. The highest BCUT2D eigenvalue weighted by Crippen LogP contribution is 2.21. The molecule has 0 bridgehead atoms. The van der Waals surface area contributed by atoms with Crippen LogP contribution in [0.1, 0.15) is 64.4 Å². The fraction of sp³-hybridized carbons (Fsp3) is 0.625. The Hall–Kier alpha value is -0.780. The minimum Gasteiger partial charge on any atom is -0.0628 e. The summed E-state index contributed by atoms with van der Waals surface area (Å²) in [4.78, 5) is 0. The van der Waals surface area contributed by atoms with Crippen molar-refractivity contribution in [3.8, 4) is 0 Å². The quantitative estimate of drug-likeness (QED) is 0.538. The summed E-state index contributed by atoms with van der Waals surface area (Å²) in [5.74, 6) is 1.59. The molecule has 90 valence electrons. The van der Waals surface area contributed by atoms with Crippen molar-refractivity contribution in [1.82, 2.24) is 0 Å². The first-order valence-corrected chi connectivity index (χ1v) is 6.75. The van der Waals surface area contributed by atoms with E-state index in [9.17, 15) is 0 Å². The van der Waals surface area contributed by atoms with Crippen LogP contribution in [0.4, 0.5) is 0 Å². The molecular weight excluding hydrogens is 192 g/mol. The Morgan fingerprint density at radius 2 is 1.44 bits per heavy atom. The van der Waals surface area contributed by atoms with Gasteiger partial charge in [0.1, 0.15) is 0 Å². The van der Waals surface area contributed by atoms with Crippen LogP contribution in [0.25, 0.3) is 0 Å². The van der Waals surface area contributed by atoms with E-state index in [1.165, 1.54) is 37.7 Å². The van der Waals surface area contributed by atoms with Gasteiger partial charge in [0.05, 0.1) is 0 Å². The van der Waals surface area contributed by atoms with E-state index in [4.69, 9.17) is 0 Å². The van der Waals surface area contributed by atoms with E-state index in [0.29, 0.717) is 0 Å². The molecule has 0 aliphatic heterocycles. The fourth-order valence-corrected chi connectivity index (χ4v) is 2.13. The van der Waals surface area contributed by atoms with E-state index in [-0.39, 0.29) is 0 Å². The molecule has 0 radical (unpaired) electrons. The standard InChI is InChI=1S/C16H26/c1-14(2)10-6-4-7-11-15(3)16-12-8-5-9-13-16/h5,8-9,12-15H,4,6-7,10-11H2,1-3H3. The summed E-state index contributed by atoms with van der Waals surface area (Å²) in [6, 6.07) is 10.9. The molecule has 0 aromatic heterocycles. The minimum atomic E-state index is 0.722. The largest absolute Gasteiger partial charge is 0.0628 e. The van der Waals surface area contributed by atoms with Crippen molar-refractivity contribution in [2.24, 2.45) is 5.92 Å². The van der Waals surface area contributed by atoms with Gasteiger partial charge in [0.2, 0.25) is 0 Å². The zero-order chi connectivity index (χ0) is 11.8. The van der Waals surface area contributed by atoms with Gasteiger partial charge in [0, 0.05) is 0 Å². The van der Waals surface area contributed by atoms with Gasteiger partial charge >= 0.3 is 0 Å². The van der Waals surface area contributed by atoms with Crippen LogP contribution in [0.3, 0.4) is 0 Å². The van der Waals surface area contributed by atoms with Crippen LogP contribution in [0.15, 0.2) is 30.3 Å². The Morgan fingerprint density at radius 1 is 0.812 bits per heavy atom. The molecular formula is C16H26. The lowest BCUT2D eigenvalue weighted by Crippen LogP contribution is -1.94. The van der Waals surface area contributed by atoms with Crippen molar-refractivity contribution in [3.05, 3.63) is 35.9 Å². The number of unbranched alkanes of at least 4 members (excludes halogenated alkanes) is 2. The fourth-order valence-electron chi connectivity index (χ4n) is 2.13. The van der Waals surface area contributed by atoms with Crippen molar-refractivity contribution < 1.29 is 0 Å². The number of benzene rings is 1. The maximum absolute atomic E-state index is 2.35. The second-order valence-electron chi connectivity index (χ2n) is 5.34. The Balaban J connectivity index is 2.14. The van der Waals surface area contributed by atoms with Gasteiger partial charge in [0.25, 0.3) is 0 Å². The van der Waals surface area contributed by atoms with Crippen molar-refractivity contribution in [2.45, 2.75) is 58.8 Å². The summed E-state index contributed by atoms with van der Waals surface area (Å²) in [5.41, 5.74) is 1.49. The van der Waals surface area contributed by atoms with Gasteiger partial charge in [-0.05, 0) is 23.8 Å². The van der Waals surface area contributed by atoms with Crippen molar-refractivity contribution in [1.29, 1.82) is 0 Å². The van der Waals surface area contributed by atoms with Crippen molar-refractivity contribution in [2.75, 3.05) is 0 Å². The van der Waals surface area contributed by atoms with E-state index >= 15 is 0 Å². The third-order valence-corrected chi connectivity index (χ3v) is 3.29. The first-order chi connectivity index (χ1) is 7.70. The molecule has 0 spiro atoms. The summed E-state index contributed by atoms with van der Waals surface area (Å²) in [6.07, 6.45) is 6.90. The average molecular weight is 218 g/mol. The second-order valence-corrected chi connectivity index (χ2v) is 5.34. The Bertz CT molecular complexity index is 261. The van der Waals surface area contributed by atoms with Gasteiger partial charge in [-0.3, -0.25) is 0 Å². The maximum atomic E-state index is 2.35. The van der Waals surface area contributed by atoms with Crippen molar-refractivity contribution in [3.63, 3.8) is 0 Å². The van der Waals surface area contributed by atoms with Crippen molar-refractivity contribution >= 4 is 0 Å². The van der Waals surface area contributed by atoms with Crippen LogP contribution in [-0.4, -0.2) is 0 Å². The van der Waals surface area contributed by atoms with Crippen LogP contribution in [0.2, 0.25) is 0 Å². The zero-order valence-corrected chi connectivity index (χ0v) is 11.1. The van der Waals surface area contributed by atoms with Gasteiger partial charge < -0.3 is 0 Å². The highest BCUT2D eigenvalue weighted by atomic mass is 14.1. The van der Waals surface area contributed by atoms with Gasteiger partial charge in [-0.25, -0.2) is 0 Å². The number of hydrogen-bond donors (Lipinski definition) is 0. The summed E-state index contributed by atoms with van der Waals surface area (Å²) in [7, 11) is 0. The van der Waals surface area contributed by atoms with Crippen LogP contribution in [0, 0.1) is 5.92 Å². The molecule has 0 heteroatoms. The molecule has 0 nitrogen and oxygen atoms in total. The molecule has 0 heterocycles. The molecule has 1 aromatic carbocycles. The summed E-state index contributed by atoms with van der Waals surface area (Å²) in [5, 5.41) is 0.